The van der Waals surface area contributed by atoms with Crippen LogP contribution in [-0.4, -0.2) is 173 Å². The number of carbonyl (C=O) groups is 3. The van der Waals surface area contributed by atoms with E-state index in [0.29, 0.717) is 76.9 Å². The number of hydrogen-bond donors (Lipinski definition) is 6. The van der Waals surface area contributed by atoms with Gasteiger partial charge in [0.05, 0.1) is 61.0 Å². The molecule has 6 aliphatic rings. The molecule has 2 fully saturated rings. The Morgan fingerprint density at radius 1 is 0.903 bits per heavy atom. The van der Waals surface area contributed by atoms with Crippen molar-refractivity contribution < 1.29 is 63.6 Å². The number of nitrogens with one attached hydrogen (secondary N) is 1. The maximum absolute atomic E-state index is 15.0. The number of aliphatic hydroxyl groups is 3. The standard InChI is InChI=1S/C53H76N6O13/c1-29(2)28-58-17-15-53(16-18-58)55-40-37-38-45(63)35(8)48-39(37)49(65)52(9,72-48)70-25-14-36(68-10)32(5)47(71-51(67)59-21-19-57(20-22-59)23-26-69-27-24-60)34(7)44(62)33(6)43(61)30(3)12-11-13-31(4)50(66)54-42(46(38)64)41(40)56-53/h11-14,25,29-30,32-34,36,43-44,47,55,60-64H,15-24,26-28H2,1-10H3/b12-11+,25-14+,31-13-,54-42?/t30-,32+,33+,34+,36-,43-,44+,47+,52-/m0/s1. The Bertz CT molecular complexity index is 2570. The van der Waals surface area contributed by atoms with Crippen LogP contribution in [0.5, 0.6) is 17.2 Å². The van der Waals surface area contributed by atoms with Crippen LogP contribution in [0.2, 0.25) is 0 Å². The number of nitrogens with zero attached hydrogens (tertiary/aromatic N) is 5. The normalized spacial score (nSPS) is 31.1. The van der Waals surface area contributed by atoms with Gasteiger partial charge in [-0.1, -0.05) is 59.8 Å². The Morgan fingerprint density at radius 3 is 2.25 bits per heavy atom. The smallest absolute Gasteiger partial charge is 0.410 e. The van der Waals surface area contributed by atoms with Gasteiger partial charge in [0.25, 0.3) is 11.7 Å². The Morgan fingerprint density at radius 2 is 1.60 bits per heavy atom. The minimum atomic E-state index is -1.99. The number of likely N-dealkylation sites (tertiary alicyclic amines) is 1. The van der Waals surface area contributed by atoms with E-state index < -0.39 is 83.1 Å². The van der Waals surface area contributed by atoms with Gasteiger partial charge in [-0.2, -0.15) is 0 Å². The van der Waals surface area contributed by atoms with Crippen molar-refractivity contribution in [2.45, 2.75) is 111 Å². The van der Waals surface area contributed by atoms with Crippen molar-refractivity contribution in [1.29, 1.82) is 0 Å². The van der Waals surface area contributed by atoms with E-state index in [9.17, 15) is 34.8 Å². The van der Waals surface area contributed by atoms with Crippen LogP contribution in [0.1, 0.15) is 84.2 Å². The predicted molar refractivity (Wildman–Crippen MR) is 268 cm³/mol. The number of allylic oxidation sites excluding steroid dienone is 2. The Balaban J connectivity index is 1.29. The molecule has 0 aliphatic carbocycles. The number of amides is 2. The SMILES string of the molecule is CO[C@H]1/C=C/O[C@@]2(C)Oc3c(C)c(O)c4c(O)c(c5c(c4c3C2=O)NC2(CCN(CC(C)C)CC2)N=5)=NC(=O)/C(C)=C\C=C\[C@H](C)[C@H](O)[C@@H](C)[C@@H](O)[C@@H](C)[C@H](OC(=O)N2CCN(CCOCCO)CC2)[C@@H]1C. The topological polar surface area (TPSA) is 245 Å². The fourth-order valence-electron chi connectivity index (χ4n) is 10.8. The van der Waals surface area contributed by atoms with Crippen molar-refractivity contribution in [1.82, 2.24) is 14.7 Å². The summed E-state index contributed by atoms with van der Waals surface area (Å²) in [4.78, 5) is 58.7. The molecule has 396 valence electrons. The van der Waals surface area contributed by atoms with Crippen molar-refractivity contribution in [3.8, 4) is 17.2 Å². The molecule has 2 aromatic carbocycles. The van der Waals surface area contributed by atoms with E-state index >= 15 is 0 Å². The number of carbonyl (C=O) groups excluding carboxylic acids is 3. The number of rotatable bonds is 9. The van der Waals surface area contributed by atoms with E-state index in [1.807, 2.05) is 6.92 Å². The minimum absolute atomic E-state index is 0.0426. The number of phenols is 2. The van der Waals surface area contributed by atoms with Gasteiger partial charge < -0.3 is 64.3 Å². The summed E-state index contributed by atoms with van der Waals surface area (Å²) in [5, 5.41) is 60.5. The highest BCUT2D eigenvalue weighted by atomic mass is 16.7. The maximum Gasteiger partial charge on any atom is 0.410 e. The lowest BCUT2D eigenvalue weighted by Crippen LogP contribution is -2.52. The molecule has 8 rings (SSSR count). The number of anilines is 1. The molecule has 5 bridgehead atoms. The molecule has 2 saturated heterocycles. The van der Waals surface area contributed by atoms with E-state index in [0.717, 1.165) is 6.54 Å². The number of aliphatic hydroxyl groups excluding tert-OH is 3. The largest absolute Gasteiger partial charge is 0.507 e. The molecule has 1 spiro atoms. The average molecular weight is 1010 g/mol. The van der Waals surface area contributed by atoms with Crippen molar-refractivity contribution in [3.63, 3.8) is 0 Å². The first-order valence-corrected chi connectivity index (χ1v) is 25.4. The van der Waals surface area contributed by atoms with Gasteiger partial charge in [-0.3, -0.25) is 19.5 Å². The molecule has 19 nitrogen and oxygen atoms in total. The van der Waals surface area contributed by atoms with Crippen molar-refractivity contribution in [2.75, 3.05) is 84.6 Å². The van der Waals surface area contributed by atoms with Gasteiger partial charge in [-0.15, -0.1) is 0 Å². The highest BCUT2D eigenvalue weighted by Gasteiger charge is 2.51. The number of benzene rings is 2. The van der Waals surface area contributed by atoms with Crippen LogP contribution < -0.4 is 20.8 Å². The summed E-state index contributed by atoms with van der Waals surface area (Å²) in [6, 6.07) is 0. The quantitative estimate of drug-likeness (QED) is 0.154. The third-order valence-electron chi connectivity index (χ3n) is 15.3. The monoisotopic (exact) mass is 1000 g/mol. The Hall–Kier alpha value is -5.15. The van der Waals surface area contributed by atoms with Gasteiger partial charge in [-0.25, -0.2) is 9.79 Å². The van der Waals surface area contributed by atoms with Crippen molar-refractivity contribution in [2.24, 2.45) is 39.6 Å². The maximum atomic E-state index is 15.0. The van der Waals surface area contributed by atoms with Gasteiger partial charge in [0.15, 0.2) is 5.75 Å². The van der Waals surface area contributed by atoms with E-state index in [4.69, 9.17) is 33.8 Å². The number of fused-ring (bicyclic) bond motifs is 13. The highest BCUT2D eigenvalue weighted by Crippen LogP contribution is 2.51. The molecule has 9 atom stereocenters. The first-order chi connectivity index (χ1) is 34.1. The number of ether oxygens (including phenoxy) is 5. The molecule has 0 saturated carbocycles. The molecule has 6 aliphatic heterocycles. The van der Waals surface area contributed by atoms with E-state index in [-0.39, 0.29) is 62.9 Å². The number of hydrogen-bond acceptors (Lipinski definition) is 17. The van der Waals surface area contributed by atoms with Crippen LogP contribution >= 0.6 is 0 Å². The molecule has 6 N–H and O–H groups in total. The van der Waals surface area contributed by atoms with Crippen LogP contribution in [-0.2, 0) is 23.7 Å². The molecule has 0 radical (unpaired) electrons. The summed E-state index contributed by atoms with van der Waals surface area (Å²) in [6.07, 6.45) is 4.26. The number of aromatic hydroxyl groups is 2. The van der Waals surface area contributed by atoms with Gasteiger partial charge in [0.1, 0.15) is 34.0 Å². The number of Topliss-reactive ketones (excluding diaryl/α,β-unsaturated/α-hetero) is 1. The zero-order valence-electron chi connectivity index (χ0n) is 43.5. The molecule has 19 heteroatoms. The van der Waals surface area contributed by atoms with Gasteiger partial charge in [-0.05, 0) is 25.8 Å². The first-order valence-electron chi connectivity index (χ1n) is 25.4. The third-order valence-corrected chi connectivity index (χ3v) is 15.3. The summed E-state index contributed by atoms with van der Waals surface area (Å²) in [6.45, 7) is 21.5. The van der Waals surface area contributed by atoms with Gasteiger partial charge in [0, 0.05) is 119 Å². The number of methoxy groups -OCH3 is 1. The fraction of sp³-hybridized carbons (Fsp3) is 0.642. The molecule has 0 aromatic heterocycles. The highest BCUT2D eigenvalue weighted by molar-refractivity contribution is 6.21. The van der Waals surface area contributed by atoms with E-state index in [2.05, 4.69) is 34.0 Å². The molecule has 6 heterocycles. The summed E-state index contributed by atoms with van der Waals surface area (Å²) in [5.41, 5.74) is -0.172. The van der Waals surface area contributed by atoms with E-state index in [1.54, 1.807) is 63.8 Å². The van der Waals surface area contributed by atoms with Crippen molar-refractivity contribution in [3.05, 3.63) is 58.0 Å². The average Bonchev–Trinajstić information content (AvgIpc) is 3.86. The van der Waals surface area contributed by atoms with Crippen LogP contribution in [0.15, 0.2) is 46.1 Å². The molecule has 2 aromatic rings. The zero-order chi connectivity index (χ0) is 52.4. The zero-order valence-corrected chi connectivity index (χ0v) is 43.5. The Kier molecular flexibility index (Phi) is 17.1. The van der Waals surface area contributed by atoms with Gasteiger partial charge in [0.2, 0.25) is 0 Å². The number of ketones is 1. The molecule has 72 heavy (non-hydrogen) atoms. The van der Waals surface area contributed by atoms with Crippen molar-refractivity contribution >= 4 is 34.2 Å². The second kappa shape index (κ2) is 22.5. The second-order valence-corrected chi connectivity index (χ2v) is 20.9. The summed E-state index contributed by atoms with van der Waals surface area (Å²) in [7, 11) is 1.48. The molecular formula is C53H76N6O13. The molecule has 0 unspecified atom stereocenters. The predicted octanol–water partition coefficient (Wildman–Crippen LogP) is 3.95. The lowest BCUT2D eigenvalue weighted by molar-refractivity contribution is -0.114. The van der Waals surface area contributed by atoms with Gasteiger partial charge >= 0.3 is 11.9 Å². The fourth-order valence-corrected chi connectivity index (χ4v) is 10.8. The molecule has 2 amide bonds. The third kappa shape index (κ3) is 11.0. The van der Waals surface area contributed by atoms with Crippen LogP contribution in [0.3, 0.4) is 0 Å². The summed E-state index contributed by atoms with van der Waals surface area (Å²) < 4.78 is 30.3. The van der Waals surface area contributed by atoms with Crippen LogP contribution in [0.25, 0.3) is 10.8 Å². The Labute approximate surface area is 421 Å². The number of piperidine rings is 1. The second-order valence-electron chi connectivity index (χ2n) is 20.9. The lowest BCUT2D eigenvalue weighted by Gasteiger charge is -2.40. The lowest BCUT2D eigenvalue weighted by atomic mass is 9.78. The summed E-state index contributed by atoms with van der Waals surface area (Å²) >= 11 is 0. The molecular weight excluding hydrogens is 929 g/mol. The van der Waals surface area contributed by atoms with Crippen LogP contribution in [0, 0.1) is 36.5 Å². The van der Waals surface area contributed by atoms with Crippen LogP contribution in [0.4, 0.5) is 10.5 Å². The van der Waals surface area contributed by atoms with E-state index in [1.165, 1.54) is 20.3 Å². The number of phenolic OH excluding ortho intramolecular Hbond substituents is 2. The minimum Gasteiger partial charge on any atom is -0.507 e. The first kappa shape index (κ1) is 54.6. The number of piperazine rings is 1. The summed E-state index contributed by atoms with van der Waals surface area (Å²) in [5.74, 6) is -6.34.